The Morgan fingerprint density at radius 3 is 2.94 bits per heavy atom. The molecule has 1 aromatic rings. The highest BCUT2D eigenvalue weighted by atomic mass is 16.1. The molecule has 0 aliphatic carbocycles. The highest BCUT2D eigenvalue weighted by Gasteiger charge is 2.22. The summed E-state index contributed by atoms with van der Waals surface area (Å²) in [5, 5.41) is 7.71. The standard InChI is InChI=1S/C13H21N3O/c1-9-5-4-6-11(14-9)7-13(17)12-8-16(3)15-10(12)2/h8-9,11,14H,4-7H2,1-3H3. The van der Waals surface area contributed by atoms with Crippen molar-refractivity contribution in [2.75, 3.05) is 0 Å². The molecule has 4 nitrogen and oxygen atoms in total. The first-order valence-electron chi connectivity index (χ1n) is 6.35. The number of nitrogens with zero attached hydrogens (tertiary/aromatic N) is 2. The molecule has 1 N–H and O–H groups in total. The van der Waals surface area contributed by atoms with E-state index in [1.54, 1.807) is 4.68 Å². The molecule has 2 unspecified atom stereocenters. The van der Waals surface area contributed by atoms with Crippen LogP contribution in [0, 0.1) is 6.92 Å². The quantitative estimate of drug-likeness (QED) is 0.813. The van der Waals surface area contributed by atoms with E-state index in [1.165, 1.54) is 12.8 Å². The minimum atomic E-state index is 0.210. The van der Waals surface area contributed by atoms with Crippen molar-refractivity contribution in [1.29, 1.82) is 0 Å². The molecule has 0 bridgehead atoms. The summed E-state index contributed by atoms with van der Waals surface area (Å²) >= 11 is 0. The normalized spacial score (nSPS) is 24.9. The van der Waals surface area contributed by atoms with Gasteiger partial charge < -0.3 is 5.32 Å². The lowest BCUT2D eigenvalue weighted by Gasteiger charge is -2.28. The summed E-state index contributed by atoms with van der Waals surface area (Å²) in [4.78, 5) is 12.2. The average Bonchev–Trinajstić information content (AvgIpc) is 2.58. The average molecular weight is 235 g/mol. The van der Waals surface area contributed by atoms with E-state index in [-0.39, 0.29) is 5.78 Å². The first kappa shape index (κ1) is 12.3. The second-order valence-corrected chi connectivity index (χ2v) is 5.12. The van der Waals surface area contributed by atoms with E-state index in [0.29, 0.717) is 18.5 Å². The van der Waals surface area contributed by atoms with Gasteiger partial charge in [0.25, 0.3) is 0 Å². The van der Waals surface area contributed by atoms with Gasteiger partial charge in [-0.2, -0.15) is 5.10 Å². The highest BCUT2D eigenvalue weighted by Crippen LogP contribution is 2.17. The van der Waals surface area contributed by atoms with Crippen LogP contribution in [0.1, 0.15) is 48.7 Å². The Hall–Kier alpha value is -1.16. The monoisotopic (exact) mass is 235 g/mol. The van der Waals surface area contributed by atoms with Crippen molar-refractivity contribution in [2.45, 2.75) is 51.6 Å². The van der Waals surface area contributed by atoms with E-state index in [0.717, 1.165) is 17.7 Å². The van der Waals surface area contributed by atoms with Gasteiger partial charge in [0.2, 0.25) is 0 Å². The van der Waals surface area contributed by atoms with Gasteiger partial charge in [0.05, 0.1) is 11.3 Å². The molecule has 2 atom stereocenters. The Labute approximate surface area is 102 Å². The molecule has 1 aliphatic rings. The Bertz CT molecular complexity index is 411. The number of Topliss-reactive ketones (excluding diaryl/α,β-unsaturated/α-hetero) is 1. The number of piperidine rings is 1. The lowest BCUT2D eigenvalue weighted by Crippen LogP contribution is -2.41. The molecule has 0 aromatic carbocycles. The zero-order chi connectivity index (χ0) is 12.4. The van der Waals surface area contributed by atoms with Crippen LogP contribution >= 0.6 is 0 Å². The molecule has 1 fully saturated rings. The zero-order valence-electron chi connectivity index (χ0n) is 10.9. The number of carbonyl (C=O) groups excluding carboxylic acids is 1. The lowest BCUT2D eigenvalue weighted by atomic mass is 9.94. The van der Waals surface area contributed by atoms with Crippen molar-refractivity contribution in [2.24, 2.45) is 7.05 Å². The largest absolute Gasteiger partial charge is 0.311 e. The molecule has 1 aliphatic heterocycles. The number of hydrogen-bond acceptors (Lipinski definition) is 3. The number of rotatable bonds is 3. The van der Waals surface area contributed by atoms with Gasteiger partial charge in [-0.25, -0.2) is 0 Å². The molecule has 0 radical (unpaired) electrons. The van der Waals surface area contributed by atoms with Crippen LogP contribution in [0.15, 0.2) is 6.20 Å². The third-order valence-corrected chi connectivity index (χ3v) is 3.46. The fourth-order valence-corrected chi connectivity index (χ4v) is 2.61. The van der Waals surface area contributed by atoms with Crippen LogP contribution in [0.3, 0.4) is 0 Å². The van der Waals surface area contributed by atoms with E-state index in [2.05, 4.69) is 17.3 Å². The molecule has 17 heavy (non-hydrogen) atoms. The highest BCUT2D eigenvalue weighted by molar-refractivity contribution is 5.97. The van der Waals surface area contributed by atoms with Crippen molar-refractivity contribution in [3.05, 3.63) is 17.5 Å². The van der Waals surface area contributed by atoms with E-state index in [1.807, 2.05) is 20.2 Å². The van der Waals surface area contributed by atoms with Crippen LogP contribution in [0.5, 0.6) is 0 Å². The summed E-state index contributed by atoms with van der Waals surface area (Å²) in [6.07, 6.45) is 5.96. The van der Waals surface area contributed by atoms with Gasteiger partial charge in [0.1, 0.15) is 0 Å². The fraction of sp³-hybridized carbons (Fsp3) is 0.692. The van der Waals surface area contributed by atoms with Crippen LogP contribution in [0.2, 0.25) is 0 Å². The minimum absolute atomic E-state index is 0.210. The van der Waals surface area contributed by atoms with Crippen molar-refractivity contribution in [3.63, 3.8) is 0 Å². The number of aryl methyl sites for hydroxylation is 2. The van der Waals surface area contributed by atoms with E-state index >= 15 is 0 Å². The summed E-state index contributed by atoms with van der Waals surface area (Å²) < 4.78 is 1.71. The molecule has 94 valence electrons. The van der Waals surface area contributed by atoms with Crippen LogP contribution in [-0.2, 0) is 7.05 Å². The molecule has 0 spiro atoms. The van der Waals surface area contributed by atoms with E-state index < -0.39 is 0 Å². The number of aromatic nitrogens is 2. The van der Waals surface area contributed by atoms with E-state index in [9.17, 15) is 4.79 Å². The molecule has 0 saturated carbocycles. The first-order valence-corrected chi connectivity index (χ1v) is 6.35. The Kier molecular flexibility index (Phi) is 3.62. The van der Waals surface area contributed by atoms with Gasteiger partial charge in [0, 0.05) is 31.7 Å². The smallest absolute Gasteiger partial charge is 0.167 e. The predicted octanol–water partition coefficient (Wildman–Crippen LogP) is 1.83. The minimum Gasteiger partial charge on any atom is -0.311 e. The zero-order valence-corrected chi connectivity index (χ0v) is 10.9. The molecule has 1 saturated heterocycles. The number of nitrogens with one attached hydrogen (secondary N) is 1. The van der Waals surface area contributed by atoms with Crippen molar-refractivity contribution < 1.29 is 4.79 Å². The van der Waals surface area contributed by atoms with Crippen LogP contribution in [0.4, 0.5) is 0 Å². The Balaban J connectivity index is 1.99. The van der Waals surface area contributed by atoms with Crippen molar-refractivity contribution in [1.82, 2.24) is 15.1 Å². The van der Waals surface area contributed by atoms with Gasteiger partial charge in [0.15, 0.2) is 5.78 Å². The Morgan fingerprint density at radius 1 is 1.59 bits per heavy atom. The van der Waals surface area contributed by atoms with Crippen molar-refractivity contribution >= 4 is 5.78 Å². The lowest BCUT2D eigenvalue weighted by molar-refractivity contribution is 0.0959. The molecule has 4 heteroatoms. The second kappa shape index (κ2) is 5.00. The summed E-state index contributed by atoms with van der Waals surface area (Å²) in [6, 6.07) is 0.877. The van der Waals surface area contributed by atoms with Gasteiger partial charge >= 0.3 is 0 Å². The summed E-state index contributed by atoms with van der Waals surface area (Å²) in [5.41, 5.74) is 1.61. The van der Waals surface area contributed by atoms with Crippen LogP contribution in [-0.4, -0.2) is 27.6 Å². The van der Waals surface area contributed by atoms with Crippen molar-refractivity contribution in [3.8, 4) is 0 Å². The third kappa shape index (κ3) is 2.94. The van der Waals surface area contributed by atoms with Gasteiger partial charge in [-0.15, -0.1) is 0 Å². The number of carbonyl (C=O) groups is 1. The third-order valence-electron chi connectivity index (χ3n) is 3.46. The van der Waals surface area contributed by atoms with Crippen LogP contribution in [0.25, 0.3) is 0 Å². The number of hydrogen-bond donors (Lipinski definition) is 1. The topological polar surface area (TPSA) is 46.9 Å². The first-order chi connectivity index (χ1) is 8.06. The maximum Gasteiger partial charge on any atom is 0.167 e. The molecule has 2 heterocycles. The number of ketones is 1. The van der Waals surface area contributed by atoms with Crippen LogP contribution < -0.4 is 5.32 Å². The second-order valence-electron chi connectivity index (χ2n) is 5.12. The maximum absolute atomic E-state index is 12.2. The summed E-state index contributed by atoms with van der Waals surface area (Å²) in [7, 11) is 1.85. The van der Waals surface area contributed by atoms with Gasteiger partial charge in [-0.05, 0) is 26.7 Å². The van der Waals surface area contributed by atoms with Gasteiger partial charge in [-0.1, -0.05) is 6.42 Å². The van der Waals surface area contributed by atoms with Gasteiger partial charge in [-0.3, -0.25) is 9.48 Å². The summed E-state index contributed by atoms with van der Waals surface area (Å²) in [6.45, 7) is 4.08. The molecular weight excluding hydrogens is 214 g/mol. The summed E-state index contributed by atoms with van der Waals surface area (Å²) in [5.74, 6) is 0.210. The van der Waals surface area contributed by atoms with E-state index in [4.69, 9.17) is 0 Å². The molecule has 2 rings (SSSR count). The molecular formula is C13H21N3O. The maximum atomic E-state index is 12.2. The Morgan fingerprint density at radius 2 is 2.35 bits per heavy atom. The SMILES string of the molecule is Cc1nn(C)cc1C(=O)CC1CCCC(C)N1. The fourth-order valence-electron chi connectivity index (χ4n) is 2.61. The molecule has 0 amide bonds. The predicted molar refractivity (Wildman–Crippen MR) is 67.1 cm³/mol. The molecule has 1 aromatic heterocycles.